The van der Waals surface area contributed by atoms with Gasteiger partial charge in [-0.05, 0) is 26.7 Å². The zero-order valence-electron chi connectivity index (χ0n) is 28.1. The second-order valence-electron chi connectivity index (χ2n) is 11.3. The molecule has 19 heteroatoms. The molecule has 11 N–H and O–H groups in total. The predicted molar refractivity (Wildman–Crippen MR) is 196 cm³/mol. The van der Waals surface area contributed by atoms with Crippen molar-refractivity contribution in [1.82, 2.24) is 16.0 Å². The van der Waals surface area contributed by atoms with Crippen LogP contribution in [0.25, 0.3) is 10.4 Å². The van der Waals surface area contributed by atoms with E-state index >= 15 is 0 Å². The van der Waals surface area contributed by atoms with Crippen molar-refractivity contribution in [1.29, 1.82) is 0 Å². The SMILES string of the molecule is C[C@H](N)C(=O)N[C@@H](CCCN=C(N)N)C(=O)N[C@@H](Cc1ccc(O/C(=C/I2OC(=O)c3ccccc32)CCN=[N+]=[N-])cc1)C(=O)N[C@@H](C)C(N)=O. The van der Waals surface area contributed by atoms with Gasteiger partial charge in [-0.3, -0.25) is 14.6 Å². The van der Waals surface area contributed by atoms with Crippen molar-refractivity contribution in [2.45, 2.75) is 63.7 Å². The first kappa shape index (κ1) is 40.0. The maximum absolute atomic E-state index is 13.5. The van der Waals surface area contributed by atoms with Gasteiger partial charge in [-0.2, -0.15) is 0 Å². The third-order valence-electron chi connectivity index (χ3n) is 7.21. The van der Waals surface area contributed by atoms with E-state index in [9.17, 15) is 24.0 Å². The van der Waals surface area contributed by atoms with Gasteiger partial charge in [-0.1, -0.05) is 0 Å². The molecule has 0 fully saturated rings. The van der Waals surface area contributed by atoms with Gasteiger partial charge < -0.3 is 28.3 Å². The van der Waals surface area contributed by atoms with Crippen molar-refractivity contribution in [3.05, 3.63) is 83.5 Å². The standard InChI is InChI=1S/C32H42IN11O7/c1-18(34)28(46)42-25(8-5-14-39-32(36)37)29(47)43-26(30(48)41-19(2)27(35)45)16-20-9-11-21(12-10-20)50-22(13-15-40-44-38)17-33-24-7-4-3-6-23(24)31(49)51-33/h3-4,6-7,9-12,17-19,25-26H,5,8,13-16,34H2,1-2H3,(H2,35,45)(H,41,48)(H,42,46)(H,43,47)(H4,36,37,39)/b22-17+/t18-,19-,25-,26-/m0/s1. The Balaban J connectivity index is 1.81. The van der Waals surface area contributed by atoms with Crippen LogP contribution in [-0.2, 0) is 28.7 Å². The molecule has 0 aromatic heterocycles. The van der Waals surface area contributed by atoms with Crippen molar-refractivity contribution in [2.75, 3.05) is 13.1 Å². The van der Waals surface area contributed by atoms with Gasteiger partial charge in [0.05, 0.1) is 6.04 Å². The number of nitrogens with one attached hydrogen (secondary N) is 3. The Bertz CT molecular complexity index is 1690. The molecule has 274 valence electrons. The van der Waals surface area contributed by atoms with E-state index in [1.807, 2.05) is 12.1 Å². The minimum atomic E-state index is -2.55. The van der Waals surface area contributed by atoms with Gasteiger partial charge in [0.2, 0.25) is 11.8 Å². The molecule has 18 nitrogen and oxygen atoms in total. The summed E-state index contributed by atoms with van der Waals surface area (Å²) in [5.41, 5.74) is 31.7. The van der Waals surface area contributed by atoms with Gasteiger partial charge in [0, 0.05) is 6.54 Å². The first-order valence-electron chi connectivity index (χ1n) is 15.8. The summed E-state index contributed by atoms with van der Waals surface area (Å²) in [6.45, 7) is 3.17. The number of hydrogen-bond donors (Lipinski definition) is 7. The van der Waals surface area contributed by atoms with Crippen molar-refractivity contribution in [3.63, 3.8) is 0 Å². The number of hydrogen-bond acceptors (Lipinski definition) is 10. The van der Waals surface area contributed by atoms with Crippen LogP contribution in [0.5, 0.6) is 5.75 Å². The van der Waals surface area contributed by atoms with E-state index in [-0.39, 0.29) is 38.3 Å². The number of azide groups is 1. The van der Waals surface area contributed by atoms with Crippen molar-refractivity contribution in [3.8, 4) is 5.75 Å². The fraction of sp³-hybridized carbons (Fsp3) is 0.375. The molecule has 51 heavy (non-hydrogen) atoms. The van der Waals surface area contributed by atoms with Crippen molar-refractivity contribution in [2.24, 2.45) is 33.0 Å². The second-order valence-corrected chi connectivity index (χ2v) is 15.1. The number of halogens is 1. The number of guanidine groups is 1. The molecule has 1 aliphatic rings. The normalized spacial score (nSPS) is 15.1. The van der Waals surface area contributed by atoms with Crippen LogP contribution < -0.4 is 43.6 Å². The van der Waals surface area contributed by atoms with Gasteiger partial charge >= 0.3 is 203 Å². The second kappa shape index (κ2) is 19.7. The van der Waals surface area contributed by atoms with Gasteiger partial charge in [-0.25, -0.2) is 0 Å². The van der Waals surface area contributed by atoms with Crippen LogP contribution in [0.4, 0.5) is 0 Å². The van der Waals surface area contributed by atoms with Crippen LogP contribution in [0.1, 0.15) is 49.0 Å². The van der Waals surface area contributed by atoms with Crippen LogP contribution in [-0.4, -0.2) is 72.8 Å². The quantitative estimate of drug-likeness (QED) is 0.0154. The van der Waals surface area contributed by atoms with Crippen LogP contribution in [0.15, 0.2) is 68.5 Å². The molecule has 4 atom stereocenters. The van der Waals surface area contributed by atoms with Crippen molar-refractivity contribution < 1.29 is 31.8 Å². The number of ether oxygens (including phenoxy) is 1. The molecule has 0 saturated heterocycles. The number of carbonyl (C=O) groups excluding carboxylic acids is 5. The Hall–Kier alpha value is -5.40. The van der Waals surface area contributed by atoms with E-state index in [0.717, 1.165) is 3.57 Å². The monoisotopic (exact) mass is 819 g/mol. The Morgan fingerprint density at radius 3 is 2.27 bits per heavy atom. The molecule has 2 aromatic carbocycles. The van der Waals surface area contributed by atoms with E-state index in [4.69, 9.17) is 36.3 Å². The fourth-order valence-electron chi connectivity index (χ4n) is 4.50. The molecule has 4 amide bonds. The number of carbonyl (C=O) groups is 5. The Morgan fingerprint density at radius 2 is 1.63 bits per heavy atom. The minimum Gasteiger partial charge on any atom is -0.368 e. The van der Waals surface area contributed by atoms with E-state index in [1.54, 1.807) is 40.5 Å². The average Bonchev–Trinajstić information content (AvgIpc) is 3.40. The summed E-state index contributed by atoms with van der Waals surface area (Å²) < 4.78 is 14.4. The molecule has 0 unspecified atom stereocenters. The molecule has 1 aliphatic heterocycles. The average molecular weight is 820 g/mol. The number of nitrogens with zero attached hydrogens (tertiary/aromatic N) is 4. The summed E-state index contributed by atoms with van der Waals surface area (Å²) in [5, 5.41) is 11.3. The summed E-state index contributed by atoms with van der Waals surface area (Å²) in [7, 11) is 0. The Labute approximate surface area is 301 Å². The summed E-state index contributed by atoms with van der Waals surface area (Å²) in [6.07, 6.45) is 0.680. The van der Waals surface area contributed by atoms with Crippen LogP contribution in [0, 0.1) is 3.57 Å². The zero-order valence-corrected chi connectivity index (χ0v) is 30.2. The smallest absolute Gasteiger partial charge is 0.368 e. The predicted octanol–water partition coefficient (Wildman–Crippen LogP) is 0.972. The van der Waals surface area contributed by atoms with E-state index in [0.29, 0.717) is 29.1 Å². The number of aliphatic imine (C=N–C) groups is 1. The minimum absolute atomic E-state index is 0.0204. The van der Waals surface area contributed by atoms with Gasteiger partial charge in [0.25, 0.3) is 0 Å². The number of rotatable bonds is 19. The van der Waals surface area contributed by atoms with Crippen LogP contribution in [0.2, 0.25) is 0 Å². The summed E-state index contributed by atoms with van der Waals surface area (Å²) in [5.74, 6) is -2.37. The van der Waals surface area contributed by atoms with Crippen LogP contribution in [0.3, 0.4) is 0 Å². The molecule has 0 radical (unpaired) electrons. The maximum atomic E-state index is 13.5. The third kappa shape index (κ3) is 12.8. The molecule has 1 heterocycles. The summed E-state index contributed by atoms with van der Waals surface area (Å²) in [4.78, 5) is 69.9. The Kier molecular flexibility index (Phi) is 15.5. The summed E-state index contributed by atoms with van der Waals surface area (Å²) in [6, 6.07) is 9.58. The van der Waals surface area contributed by atoms with E-state index in [2.05, 4.69) is 31.0 Å². The van der Waals surface area contributed by atoms with Gasteiger partial charge in [0.1, 0.15) is 0 Å². The molecule has 0 aliphatic carbocycles. The molecule has 0 spiro atoms. The number of nitrogens with two attached hydrogens (primary N) is 4. The molecular formula is C32H42IN11O7. The van der Waals surface area contributed by atoms with E-state index < -0.39 is 74.0 Å². The molecule has 3 rings (SSSR count). The molecule has 0 bridgehead atoms. The fourth-order valence-corrected chi connectivity index (χ4v) is 8.47. The number of primary amides is 1. The number of amides is 4. The Morgan fingerprint density at radius 1 is 0.961 bits per heavy atom. The molecule has 0 saturated carbocycles. The topological polar surface area (TPSA) is 305 Å². The van der Waals surface area contributed by atoms with E-state index in [1.165, 1.54) is 13.8 Å². The third-order valence-corrected chi connectivity index (χ3v) is 11.4. The zero-order chi connectivity index (χ0) is 37.5. The number of fused-ring (bicyclic) bond motifs is 1. The van der Waals surface area contributed by atoms with Crippen LogP contribution >= 0.6 is 20.2 Å². The summed E-state index contributed by atoms with van der Waals surface area (Å²) >= 11 is -2.55. The first-order valence-corrected chi connectivity index (χ1v) is 19.0. The molecular weight excluding hydrogens is 777 g/mol. The van der Waals surface area contributed by atoms with Crippen molar-refractivity contribution >= 4 is 55.8 Å². The first-order chi connectivity index (χ1) is 24.3. The molecule has 2 aromatic rings. The number of benzene rings is 2. The van der Waals surface area contributed by atoms with Gasteiger partial charge in [-0.15, -0.1) is 0 Å². The van der Waals surface area contributed by atoms with Gasteiger partial charge in [0.15, 0.2) is 5.96 Å².